The van der Waals surface area contributed by atoms with Crippen LogP contribution in [0.25, 0.3) is 0 Å². The van der Waals surface area contributed by atoms with Crippen LogP contribution in [0, 0.1) is 11.5 Å². The highest BCUT2D eigenvalue weighted by Gasteiger charge is 2.03. The monoisotopic (exact) mass is 206 g/mol. The molecule has 0 fully saturated rings. The number of hydrogen-bond donors (Lipinski definition) is 1. The van der Waals surface area contributed by atoms with Gasteiger partial charge in [0.1, 0.15) is 0 Å². The fraction of sp³-hybridized carbons (Fsp3) is 0.364. The molecule has 15 heavy (non-hydrogen) atoms. The molecule has 1 aromatic carbocycles. The zero-order valence-corrected chi connectivity index (χ0v) is 8.91. The standard InChI is InChI=1S/C11H14N2O2/c1-14-10-4-3-9(5-6-13-8-12)7-11(10)15-2/h3-4,7,13H,5-6H2,1-2H3. The van der Waals surface area contributed by atoms with Crippen molar-refractivity contribution in [1.29, 1.82) is 5.26 Å². The zero-order valence-electron chi connectivity index (χ0n) is 8.91. The van der Waals surface area contributed by atoms with Gasteiger partial charge in [-0.15, -0.1) is 0 Å². The third-order valence-corrected chi connectivity index (χ3v) is 2.07. The third-order valence-electron chi connectivity index (χ3n) is 2.07. The van der Waals surface area contributed by atoms with Crippen LogP contribution in [0.5, 0.6) is 11.5 Å². The number of methoxy groups -OCH3 is 2. The van der Waals surface area contributed by atoms with Crippen molar-refractivity contribution in [2.45, 2.75) is 6.42 Å². The molecule has 0 aliphatic rings. The third kappa shape index (κ3) is 3.06. The van der Waals surface area contributed by atoms with Crippen molar-refractivity contribution in [2.75, 3.05) is 20.8 Å². The van der Waals surface area contributed by atoms with Gasteiger partial charge in [0.05, 0.1) is 14.2 Å². The first kappa shape index (κ1) is 11.2. The van der Waals surface area contributed by atoms with Crippen LogP contribution in [0.3, 0.4) is 0 Å². The Kier molecular flexibility index (Phi) is 4.30. The van der Waals surface area contributed by atoms with Gasteiger partial charge in [-0.05, 0) is 24.1 Å². The largest absolute Gasteiger partial charge is 0.493 e. The Morgan fingerprint density at radius 3 is 2.60 bits per heavy atom. The summed E-state index contributed by atoms with van der Waals surface area (Å²) >= 11 is 0. The second kappa shape index (κ2) is 5.76. The summed E-state index contributed by atoms with van der Waals surface area (Å²) in [5, 5.41) is 10.9. The van der Waals surface area contributed by atoms with E-state index in [9.17, 15) is 0 Å². The van der Waals surface area contributed by atoms with E-state index in [1.165, 1.54) is 0 Å². The highest BCUT2D eigenvalue weighted by Crippen LogP contribution is 2.27. The summed E-state index contributed by atoms with van der Waals surface area (Å²) in [6.07, 6.45) is 2.67. The van der Waals surface area contributed by atoms with Gasteiger partial charge in [-0.3, -0.25) is 0 Å². The highest BCUT2D eigenvalue weighted by molar-refractivity contribution is 5.42. The van der Waals surface area contributed by atoms with Crippen LogP contribution in [0.4, 0.5) is 0 Å². The summed E-state index contributed by atoms with van der Waals surface area (Å²) in [5.41, 5.74) is 1.11. The van der Waals surface area contributed by atoms with Crippen molar-refractivity contribution in [3.8, 4) is 17.7 Å². The highest BCUT2D eigenvalue weighted by atomic mass is 16.5. The van der Waals surface area contributed by atoms with Crippen molar-refractivity contribution in [3.63, 3.8) is 0 Å². The molecular formula is C11H14N2O2. The van der Waals surface area contributed by atoms with Crippen LogP contribution in [0.15, 0.2) is 18.2 Å². The Morgan fingerprint density at radius 2 is 2.00 bits per heavy atom. The summed E-state index contributed by atoms with van der Waals surface area (Å²) in [5.74, 6) is 1.43. The van der Waals surface area contributed by atoms with Crippen molar-refractivity contribution < 1.29 is 9.47 Å². The molecule has 0 saturated heterocycles. The van der Waals surface area contributed by atoms with E-state index in [-0.39, 0.29) is 0 Å². The lowest BCUT2D eigenvalue weighted by Gasteiger charge is -2.09. The Labute approximate surface area is 89.4 Å². The van der Waals surface area contributed by atoms with Gasteiger partial charge in [0, 0.05) is 6.54 Å². The molecule has 0 bridgehead atoms. The van der Waals surface area contributed by atoms with E-state index in [0.717, 1.165) is 17.7 Å². The Morgan fingerprint density at radius 1 is 1.27 bits per heavy atom. The summed E-state index contributed by atoms with van der Waals surface area (Å²) < 4.78 is 10.3. The average molecular weight is 206 g/mol. The lowest BCUT2D eigenvalue weighted by Crippen LogP contribution is -2.09. The van der Waals surface area contributed by atoms with Crippen LogP contribution in [0.1, 0.15) is 5.56 Å². The quantitative estimate of drug-likeness (QED) is 0.448. The van der Waals surface area contributed by atoms with Crippen LogP contribution < -0.4 is 14.8 Å². The second-order valence-corrected chi connectivity index (χ2v) is 2.98. The fourth-order valence-electron chi connectivity index (χ4n) is 1.30. The summed E-state index contributed by atoms with van der Waals surface area (Å²) in [6.45, 7) is 0.631. The summed E-state index contributed by atoms with van der Waals surface area (Å²) in [4.78, 5) is 0. The van der Waals surface area contributed by atoms with Crippen molar-refractivity contribution in [3.05, 3.63) is 23.8 Å². The maximum absolute atomic E-state index is 8.32. The maximum atomic E-state index is 8.32. The number of nitriles is 1. The van der Waals surface area contributed by atoms with Gasteiger partial charge in [-0.2, -0.15) is 5.26 Å². The fourth-order valence-corrected chi connectivity index (χ4v) is 1.30. The molecular weight excluding hydrogens is 192 g/mol. The van der Waals surface area contributed by atoms with E-state index in [2.05, 4.69) is 5.32 Å². The SMILES string of the molecule is COc1ccc(CCNC#N)cc1OC. The molecule has 4 nitrogen and oxygen atoms in total. The molecule has 0 aliphatic heterocycles. The van der Waals surface area contributed by atoms with E-state index in [0.29, 0.717) is 12.3 Å². The molecule has 0 amide bonds. The van der Waals surface area contributed by atoms with E-state index in [1.54, 1.807) is 14.2 Å². The molecule has 4 heteroatoms. The first-order chi connectivity index (χ1) is 7.31. The van der Waals surface area contributed by atoms with Gasteiger partial charge in [-0.1, -0.05) is 6.07 Å². The van der Waals surface area contributed by atoms with Crippen molar-refractivity contribution in [1.82, 2.24) is 5.32 Å². The zero-order chi connectivity index (χ0) is 11.1. The predicted molar refractivity (Wildman–Crippen MR) is 56.9 cm³/mol. The molecule has 0 spiro atoms. The van der Waals surface area contributed by atoms with E-state index >= 15 is 0 Å². The summed E-state index contributed by atoms with van der Waals surface area (Å²) in [7, 11) is 3.21. The Hall–Kier alpha value is -1.89. The normalized spacial score (nSPS) is 9.13. The number of nitrogens with zero attached hydrogens (tertiary/aromatic N) is 1. The molecule has 0 heterocycles. The number of rotatable bonds is 5. The molecule has 1 rings (SSSR count). The maximum Gasteiger partial charge on any atom is 0.176 e. The second-order valence-electron chi connectivity index (χ2n) is 2.98. The lowest BCUT2D eigenvalue weighted by atomic mass is 10.1. The van der Waals surface area contributed by atoms with Crippen molar-refractivity contribution in [2.24, 2.45) is 0 Å². The molecule has 0 aliphatic carbocycles. The van der Waals surface area contributed by atoms with Gasteiger partial charge in [-0.25, -0.2) is 0 Å². The lowest BCUT2D eigenvalue weighted by molar-refractivity contribution is 0.354. The molecule has 0 saturated carbocycles. The topological polar surface area (TPSA) is 54.3 Å². The molecule has 0 aromatic heterocycles. The Balaban J connectivity index is 2.71. The summed E-state index contributed by atoms with van der Waals surface area (Å²) in [6, 6.07) is 5.73. The molecule has 1 N–H and O–H groups in total. The molecule has 0 radical (unpaired) electrons. The van der Waals surface area contributed by atoms with E-state index in [4.69, 9.17) is 14.7 Å². The van der Waals surface area contributed by atoms with Gasteiger partial charge < -0.3 is 14.8 Å². The van der Waals surface area contributed by atoms with E-state index in [1.807, 2.05) is 24.4 Å². The first-order valence-corrected chi connectivity index (χ1v) is 4.64. The molecule has 1 aromatic rings. The number of nitrogens with one attached hydrogen (secondary N) is 1. The minimum absolute atomic E-state index is 0.631. The molecule has 0 atom stereocenters. The van der Waals surface area contributed by atoms with Crippen LogP contribution in [0.2, 0.25) is 0 Å². The number of hydrogen-bond acceptors (Lipinski definition) is 4. The number of benzene rings is 1. The predicted octanol–water partition coefficient (Wildman–Crippen LogP) is 1.32. The van der Waals surface area contributed by atoms with Gasteiger partial charge in [0.2, 0.25) is 0 Å². The van der Waals surface area contributed by atoms with Gasteiger partial charge in [0.25, 0.3) is 0 Å². The average Bonchev–Trinajstić information content (AvgIpc) is 2.29. The van der Waals surface area contributed by atoms with Crippen LogP contribution >= 0.6 is 0 Å². The smallest absolute Gasteiger partial charge is 0.176 e. The number of ether oxygens (including phenoxy) is 2. The van der Waals surface area contributed by atoms with E-state index < -0.39 is 0 Å². The minimum atomic E-state index is 0.631. The van der Waals surface area contributed by atoms with Crippen LogP contribution in [-0.2, 0) is 6.42 Å². The minimum Gasteiger partial charge on any atom is -0.493 e. The van der Waals surface area contributed by atoms with Crippen LogP contribution in [-0.4, -0.2) is 20.8 Å². The molecule has 0 unspecified atom stereocenters. The Bertz CT molecular complexity index is 358. The molecule has 80 valence electrons. The van der Waals surface area contributed by atoms with Gasteiger partial charge >= 0.3 is 0 Å². The first-order valence-electron chi connectivity index (χ1n) is 4.64. The van der Waals surface area contributed by atoms with Gasteiger partial charge in [0.15, 0.2) is 17.7 Å². The van der Waals surface area contributed by atoms with Crippen molar-refractivity contribution >= 4 is 0 Å².